The summed E-state index contributed by atoms with van der Waals surface area (Å²) in [6.45, 7) is 6.23. The van der Waals surface area contributed by atoms with Crippen LogP contribution in [-0.4, -0.2) is 15.0 Å². The lowest BCUT2D eigenvalue weighted by Crippen LogP contribution is -2.39. The topological polar surface area (TPSA) is 46.2 Å². The molecule has 130 valence electrons. The molecule has 1 aromatic carbocycles. The van der Waals surface area contributed by atoms with Gasteiger partial charge in [-0.15, -0.1) is 0 Å². The molecule has 3 nitrogen and oxygen atoms in total. The maximum atomic E-state index is 12.9. The Kier molecular flexibility index (Phi) is 4.87. The molecule has 3 rings (SSSR count). The summed E-state index contributed by atoms with van der Waals surface area (Å²) >= 11 is 1.68. The Morgan fingerprint density at radius 3 is 2.29 bits per heavy atom. The summed E-state index contributed by atoms with van der Waals surface area (Å²) in [7, 11) is -3.50. The molecule has 1 aliphatic carbocycles. The fourth-order valence-electron chi connectivity index (χ4n) is 4.08. The number of hydrogen-bond acceptors (Lipinski definition) is 3. The summed E-state index contributed by atoms with van der Waals surface area (Å²) < 4.78 is 28.8. The van der Waals surface area contributed by atoms with Crippen molar-refractivity contribution in [1.29, 1.82) is 0 Å². The third kappa shape index (κ3) is 3.30. The van der Waals surface area contributed by atoms with Gasteiger partial charge in [-0.3, -0.25) is 0 Å². The third-order valence-corrected chi connectivity index (χ3v) is 7.56. The summed E-state index contributed by atoms with van der Waals surface area (Å²) in [5.74, 6) is 0. The predicted octanol–water partition coefficient (Wildman–Crippen LogP) is 4.46. The largest absolute Gasteiger partial charge is 0.241 e. The first-order valence-electron chi connectivity index (χ1n) is 8.44. The van der Waals surface area contributed by atoms with E-state index >= 15 is 0 Å². The Morgan fingerprint density at radius 1 is 1.12 bits per heavy atom. The number of benzene rings is 1. The lowest BCUT2D eigenvalue weighted by molar-refractivity contribution is 0.433. The van der Waals surface area contributed by atoms with Crippen molar-refractivity contribution in [3.05, 3.63) is 51.2 Å². The monoisotopic (exact) mass is 363 g/mol. The smallest absolute Gasteiger partial charge is 0.210 e. The molecule has 2 aromatic rings. The molecule has 0 spiro atoms. The second-order valence-corrected chi connectivity index (χ2v) is 9.54. The van der Waals surface area contributed by atoms with Gasteiger partial charge in [0.05, 0.1) is 4.90 Å². The standard InChI is InChI=1S/C19H25NO2S2/c1-14-10-15(2)18(16(3)11-14)24(21,22)20-13-19(7-4-5-8-19)17-6-9-23-12-17/h6,9-12,20H,4-5,7-8,13H2,1-3H3. The van der Waals surface area contributed by atoms with Crippen molar-refractivity contribution < 1.29 is 8.42 Å². The zero-order chi connectivity index (χ0) is 17.4. The lowest BCUT2D eigenvalue weighted by Gasteiger charge is -2.29. The molecule has 1 aromatic heterocycles. The molecule has 1 saturated carbocycles. The molecule has 24 heavy (non-hydrogen) atoms. The molecule has 0 amide bonds. The average Bonchev–Trinajstić information content (AvgIpc) is 3.16. The van der Waals surface area contributed by atoms with Crippen molar-refractivity contribution in [2.75, 3.05) is 6.54 Å². The Morgan fingerprint density at radius 2 is 1.75 bits per heavy atom. The number of rotatable bonds is 5. The number of sulfonamides is 1. The van der Waals surface area contributed by atoms with Crippen molar-refractivity contribution in [2.45, 2.75) is 56.8 Å². The molecule has 0 atom stereocenters. The minimum atomic E-state index is -3.50. The quantitative estimate of drug-likeness (QED) is 0.852. The van der Waals surface area contributed by atoms with Crippen molar-refractivity contribution in [2.24, 2.45) is 0 Å². The van der Waals surface area contributed by atoms with E-state index in [9.17, 15) is 8.42 Å². The van der Waals surface area contributed by atoms with Crippen molar-refractivity contribution >= 4 is 21.4 Å². The summed E-state index contributed by atoms with van der Waals surface area (Å²) in [4.78, 5) is 0.437. The predicted molar refractivity (Wildman–Crippen MR) is 100 cm³/mol. The van der Waals surface area contributed by atoms with Gasteiger partial charge in [-0.1, -0.05) is 30.5 Å². The van der Waals surface area contributed by atoms with Crippen molar-refractivity contribution in [1.82, 2.24) is 4.72 Å². The van der Waals surface area contributed by atoms with E-state index in [0.29, 0.717) is 11.4 Å². The van der Waals surface area contributed by atoms with E-state index in [0.717, 1.165) is 29.5 Å². The molecule has 1 N–H and O–H groups in total. The average molecular weight is 364 g/mol. The van der Waals surface area contributed by atoms with Crippen LogP contribution < -0.4 is 4.72 Å². The van der Waals surface area contributed by atoms with Gasteiger partial charge in [0.2, 0.25) is 10.0 Å². The number of aryl methyl sites for hydroxylation is 3. The van der Waals surface area contributed by atoms with Gasteiger partial charge in [0, 0.05) is 12.0 Å². The van der Waals surface area contributed by atoms with Gasteiger partial charge < -0.3 is 0 Å². The van der Waals surface area contributed by atoms with Gasteiger partial charge in [0.15, 0.2) is 0 Å². The van der Waals surface area contributed by atoms with Crippen LogP contribution in [0.2, 0.25) is 0 Å². The molecule has 1 aliphatic rings. The van der Waals surface area contributed by atoms with E-state index in [-0.39, 0.29) is 5.41 Å². The summed E-state index contributed by atoms with van der Waals surface area (Å²) in [6, 6.07) is 6.02. The number of thiophene rings is 1. The molecular weight excluding hydrogens is 338 g/mol. The zero-order valence-corrected chi connectivity index (χ0v) is 16.2. The minimum Gasteiger partial charge on any atom is -0.210 e. The highest BCUT2D eigenvalue weighted by molar-refractivity contribution is 7.89. The van der Waals surface area contributed by atoms with Crippen LogP contribution in [0.15, 0.2) is 33.9 Å². The molecule has 1 heterocycles. The van der Waals surface area contributed by atoms with Crippen molar-refractivity contribution in [3.63, 3.8) is 0 Å². The Labute approximate surface area is 149 Å². The normalized spacial score (nSPS) is 17.3. The third-order valence-electron chi connectivity index (χ3n) is 5.17. The van der Waals surface area contributed by atoms with E-state index in [2.05, 4.69) is 21.5 Å². The minimum absolute atomic E-state index is 0.0421. The Balaban J connectivity index is 1.88. The fraction of sp³-hybridized carbons (Fsp3) is 0.474. The fourth-order valence-corrected chi connectivity index (χ4v) is 6.44. The highest BCUT2D eigenvalue weighted by atomic mass is 32.2. The Hall–Kier alpha value is -1.17. The second kappa shape index (κ2) is 6.62. The molecule has 0 bridgehead atoms. The first-order valence-corrected chi connectivity index (χ1v) is 10.9. The molecular formula is C19H25NO2S2. The number of hydrogen-bond donors (Lipinski definition) is 1. The van der Waals surface area contributed by atoms with Gasteiger partial charge in [-0.2, -0.15) is 11.3 Å². The Bertz CT molecular complexity index is 794. The van der Waals surface area contributed by atoms with E-state index in [1.165, 1.54) is 18.4 Å². The summed E-state index contributed by atoms with van der Waals surface area (Å²) in [5, 5.41) is 4.25. The molecule has 0 saturated heterocycles. The first kappa shape index (κ1) is 17.6. The zero-order valence-electron chi connectivity index (χ0n) is 14.6. The molecule has 1 fully saturated rings. The first-order chi connectivity index (χ1) is 11.3. The maximum Gasteiger partial charge on any atom is 0.241 e. The van der Waals surface area contributed by atoms with Gasteiger partial charge in [-0.05, 0) is 67.1 Å². The summed E-state index contributed by atoms with van der Waals surface area (Å²) in [5.41, 5.74) is 3.96. The molecule has 0 radical (unpaired) electrons. The van der Waals surface area contributed by atoms with Crippen molar-refractivity contribution in [3.8, 4) is 0 Å². The van der Waals surface area contributed by atoms with Crippen LogP contribution >= 0.6 is 11.3 Å². The van der Waals surface area contributed by atoms with Crippen LogP contribution in [-0.2, 0) is 15.4 Å². The SMILES string of the molecule is Cc1cc(C)c(S(=O)(=O)NCC2(c3ccsc3)CCCC2)c(C)c1. The highest BCUT2D eigenvalue weighted by Crippen LogP contribution is 2.41. The van der Waals surface area contributed by atoms with Crippen LogP contribution in [0.5, 0.6) is 0 Å². The van der Waals surface area contributed by atoms with Gasteiger partial charge >= 0.3 is 0 Å². The van der Waals surface area contributed by atoms with Crippen LogP contribution in [0.4, 0.5) is 0 Å². The molecule has 0 aliphatic heterocycles. The maximum absolute atomic E-state index is 12.9. The van der Waals surface area contributed by atoms with E-state index in [1.54, 1.807) is 11.3 Å². The lowest BCUT2D eigenvalue weighted by atomic mass is 9.81. The highest BCUT2D eigenvalue weighted by Gasteiger charge is 2.37. The van der Waals surface area contributed by atoms with E-state index in [4.69, 9.17) is 0 Å². The molecule has 5 heteroatoms. The van der Waals surface area contributed by atoms with Gasteiger partial charge in [0.1, 0.15) is 0 Å². The van der Waals surface area contributed by atoms with Gasteiger partial charge in [0.25, 0.3) is 0 Å². The van der Waals surface area contributed by atoms with E-state index < -0.39 is 10.0 Å². The van der Waals surface area contributed by atoms with Gasteiger partial charge in [-0.25, -0.2) is 13.1 Å². The van der Waals surface area contributed by atoms with Crippen LogP contribution in [0, 0.1) is 20.8 Å². The van der Waals surface area contributed by atoms with E-state index in [1.807, 2.05) is 32.9 Å². The van der Waals surface area contributed by atoms with Crippen LogP contribution in [0.1, 0.15) is 47.9 Å². The second-order valence-electron chi connectivity index (χ2n) is 7.05. The van der Waals surface area contributed by atoms with Crippen LogP contribution in [0.25, 0.3) is 0 Å². The number of nitrogens with one attached hydrogen (secondary N) is 1. The molecule has 0 unspecified atom stereocenters. The summed E-state index contributed by atoms with van der Waals surface area (Å²) in [6.07, 6.45) is 4.44. The van der Waals surface area contributed by atoms with Crippen LogP contribution in [0.3, 0.4) is 0 Å².